The van der Waals surface area contributed by atoms with E-state index >= 15 is 0 Å². The lowest BCUT2D eigenvalue weighted by molar-refractivity contribution is 0.0971. The van der Waals surface area contributed by atoms with Crippen molar-refractivity contribution in [3.63, 3.8) is 0 Å². The molecule has 10 aromatic carbocycles. The summed E-state index contributed by atoms with van der Waals surface area (Å²) in [7, 11) is 0. The van der Waals surface area contributed by atoms with Gasteiger partial charge in [0, 0.05) is 78.0 Å². The molecule has 0 aliphatic carbocycles. The van der Waals surface area contributed by atoms with Crippen molar-refractivity contribution in [2.75, 3.05) is 6.61 Å². The van der Waals surface area contributed by atoms with Crippen LogP contribution in [0, 0.1) is 76.2 Å². The van der Waals surface area contributed by atoms with E-state index in [1.165, 1.54) is 191 Å². The highest BCUT2D eigenvalue weighted by Crippen LogP contribution is 2.47. The number of aromatic nitrogens is 22. The van der Waals surface area contributed by atoms with Gasteiger partial charge < -0.3 is 4.74 Å². The fourth-order valence-electron chi connectivity index (χ4n) is 20.6. The SMILES string of the molecule is CCCCCCC(=O)c1c(C)c2nsnc2c2c(C(=O)CCCCCC)c(C)c3nonc3c12.CCCCCCCCn1nc2c(C)c(CCCCCC)c3c4nonc4c(C)c(CCCCCC)c3c2n1.CCCCCCCCn1nc2c(C)cc3c(cc(C)c4nonc43)c2n1.CCCCCCOc1c(C)c2nonc2c2c(C)c(C)c3nsnc3c12.Cc1cc2c(cc(C)c3nsnc32)c2nonc12. The van der Waals surface area contributed by atoms with E-state index in [2.05, 4.69) is 185 Å². The smallest absolute Gasteiger partial charge is 0.163 e. The Kier molecular flexibility index (Phi) is 34.6. The molecule has 142 heavy (non-hydrogen) atoms. The summed E-state index contributed by atoms with van der Waals surface area (Å²) in [6.07, 6.45) is 40.8. The van der Waals surface area contributed by atoms with Crippen LogP contribution in [0.25, 0.3) is 164 Å². The van der Waals surface area contributed by atoms with Crippen LogP contribution in [0.4, 0.5) is 0 Å². The maximum absolute atomic E-state index is 13.6. The molecule has 0 atom stereocenters. The maximum atomic E-state index is 13.6. The fourth-order valence-corrected chi connectivity index (χ4v) is 22.4. The van der Waals surface area contributed by atoms with Crippen LogP contribution in [0.5, 0.6) is 5.75 Å². The Labute approximate surface area is 839 Å². The van der Waals surface area contributed by atoms with Gasteiger partial charge in [-0.15, -0.1) is 0 Å². The molecule has 0 saturated heterocycles. The lowest BCUT2D eigenvalue weighted by Crippen LogP contribution is -2.09. The van der Waals surface area contributed by atoms with Gasteiger partial charge in [0.05, 0.1) is 60.3 Å². The second-order valence-electron chi connectivity index (χ2n) is 38.8. The molecule has 0 unspecified atom stereocenters. The standard InChI is InChI=1S/C32H49N5O.C26H32N4O3S.C20H25N5O.C19H22N4O2S.C12H8N4OS/c1-6-9-12-15-16-19-22-37-33-29-23(4)25(20-17-13-10-7-2)28-27(31(29)34-37)26(21-18-14-11-8-3)24(5)30-32(28)36-38-35-30;1-5-7-9-11-13-17(31)19-15(3)23-25(28-33-27-23)21-20(18(32)14-12-10-8-6-2)16(4)24-26(22(19)21)30-34-29-24;1-4-5-6-7-8-9-10-25-21-17-13(2)11-16-15(19(17)22-25)12-14(3)18-20(16)24-26-23-18;1-5-6-7-8-9-24-19-12(4)15-17(21-25-20-15)13-10(2)11(3)16-18(14(13)19)23-26-22-16;1-5-3-8-7(11-9(5)13-17-14-11)4-6(2)10-12(8)16-18-15-10/h6-22H2,1-5H3;5-14H2,1-4H3;11-12H,4-10H2,1-3H3;5-9H2,1-4H3;3-4H,1-2H3. The molecule has 10 heterocycles. The first-order chi connectivity index (χ1) is 69.2. The summed E-state index contributed by atoms with van der Waals surface area (Å²) in [5.41, 5.74) is 32.0. The van der Waals surface area contributed by atoms with Gasteiger partial charge in [-0.1, -0.05) is 209 Å². The Morgan fingerprint density at radius 2 is 0.585 bits per heavy atom. The van der Waals surface area contributed by atoms with E-state index in [0.717, 1.165) is 285 Å². The fraction of sp³-hybridized carbons (Fsp3) is 0.523. The van der Waals surface area contributed by atoms with Gasteiger partial charge in [-0.05, 0) is 277 Å². The number of rotatable bonds is 42. The quantitative estimate of drug-likeness (QED) is 0.0253. The van der Waals surface area contributed by atoms with Crippen molar-refractivity contribution >= 4 is 211 Å². The highest BCUT2D eigenvalue weighted by Gasteiger charge is 2.32. The van der Waals surface area contributed by atoms with E-state index in [1.807, 2.05) is 51.1 Å². The molecule has 0 aliphatic heterocycles. The molecule has 0 spiro atoms. The maximum Gasteiger partial charge on any atom is 0.163 e. The highest BCUT2D eigenvalue weighted by atomic mass is 32.1. The minimum Gasteiger partial charge on any atom is -0.492 e. The number of hydrogen-bond acceptors (Lipinski definition) is 31. The van der Waals surface area contributed by atoms with Crippen LogP contribution in [-0.2, 0) is 25.9 Å². The zero-order valence-corrected chi connectivity index (χ0v) is 88.7. The van der Waals surface area contributed by atoms with E-state index in [9.17, 15) is 9.59 Å². The number of unbranched alkanes of at least 4 members (excludes halogenated alkanes) is 25. The molecule has 10 aromatic heterocycles. The van der Waals surface area contributed by atoms with Gasteiger partial charge in [-0.2, -0.15) is 56.2 Å². The molecule has 0 saturated carbocycles. The normalized spacial score (nSPS) is 11.9. The zero-order valence-electron chi connectivity index (χ0n) is 86.2. The minimum atomic E-state index is 0.0444. The van der Waals surface area contributed by atoms with Crippen LogP contribution in [0.3, 0.4) is 0 Å². The molecule has 33 heteroatoms. The molecule has 0 radical (unpaired) electrons. The summed E-state index contributed by atoms with van der Waals surface area (Å²) in [5, 5.41) is 71.3. The molecule has 0 amide bonds. The number of carbonyl (C=O) groups is 2. The number of aryl methyl sites for hydroxylation is 15. The summed E-state index contributed by atoms with van der Waals surface area (Å²) in [6.45, 7) is 40.5. The van der Waals surface area contributed by atoms with Crippen LogP contribution in [0.2, 0.25) is 0 Å². The summed E-state index contributed by atoms with van der Waals surface area (Å²) in [4.78, 5) is 31.0. The Morgan fingerprint density at radius 3 is 1.10 bits per heavy atom. The third-order valence-corrected chi connectivity index (χ3v) is 30.2. The van der Waals surface area contributed by atoms with Gasteiger partial charge in [-0.25, -0.2) is 23.1 Å². The Hall–Kier alpha value is -12.1. The summed E-state index contributed by atoms with van der Waals surface area (Å²) < 4.78 is 58.5. The first-order valence-corrected chi connectivity index (χ1v) is 54.3. The van der Waals surface area contributed by atoms with Crippen LogP contribution in [0.1, 0.15) is 360 Å². The van der Waals surface area contributed by atoms with Crippen LogP contribution in [0.15, 0.2) is 47.4 Å². The number of carbonyl (C=O) groups excluding carboxylic acids is 2. The molecule has 748 valence electrons. The number of ketones is 2. The molecular weight excluding hydrogens is 1840 g/mol. The van der Waals surface area contributed by atoms with Gasteiger partial charge in [0.1, 0.15) is 116 Å². The second-order valence-corrected chi connectivity index (χ2v) is 40.4. The van der Waals surface area contributed by atoms with Gasteiger partial charge in [-0.3, -0.25) is 9.59 Å². The molecular formula is C109H136N22O8S3. The Bertz CT molecular complexity index is 7670. The number of hydrogen-bond donors (Lipinski definition) is 0. The molecule has 0 N–H and O–H groups in total. The zero-order chi connectivity index (χ0) is 99.8. The summed E-state index contributed by atoms with van der Waals surface area (Å²) in [6, 6.07) is 8.39. The van der Waals surface area contributed by atoms with Gasteiger partial charge >= 0.3 is 0 Å². The van der Waals surface area contributed by atoms with Gasteiger partial charge in [0.15, 0.2) is 11.6 Å². The predicted molar refractivity (Wildman–Crippen MR) is 572 cm³/mol. The molecule has 20 aromatic rings. The number of ether oxygens (including phenoxy) is 1. The molecule has 20 rings (SSSR count). The van der Waals surface area contributed by atoms with Crippen LogP contribution in [-0.4, -0.2) is 126 Å². The average molecular weight is 1980 g/mol. The van der Waals surface area contributed by atoms with E-state index in [0.29, 0.717) is 63.4 Å². The molecule has 0 bridgehead atoms. The van der Waals surface area contributed by atoms with Crippen molar-refractivity contribution in [3.8, 4) is 5.75 Å². The third-order valence-electron chi connectivity index (χ3n) is 28.6. The topological polar surface area (TPSA) is 377 Å². The van der Waals surface area contributed by atoms with Crippen molar-refractivity contribution < 1.29 is 37.5 Å². The monoisotopic (exact) mass is 1980 g/mol. The highest BCUT2D eigenvalue weighted by molar-refractivity contribution is 7.00. The lowest BCUT2D eigenvalue weighted by atomic mass is 9.86. The summed E-state index contributed by atoms with van der Waals surface area (Å²) in [5.74, 6) is 0.923. The van der Waals surface area contributed by atoms with Crippen molar-refractivity contribution in [2.24, 2.45) is 0 Å². The first kappa shape index (κ1) is 103. The minimum absolute atomic E-state index is 0.0444. The van der Waals surface area contributed by atoms with Crippen LogP contribution >= 0.6 is 35.2 Å². The number of Topliss-reactive ketones (excluding diaryl/α,β-unsaturated/α-hetero) is 2. The Morgan fingerprint density at radius 1 is 0.261 bits per heavy atom. The second kappa shape index (κ2) is 47.9. The number of benzene rings is 10. The lowest BCUT2D eigenvalue weighted by Gasteiger charge is -2.16. The number of fused-ring (bicyclic) bond motifs is 25. The van der Waals surface area contributed by atoms with E-state index < -0.39 is 0 Å². The van der Waals surface area contributed by atoms with Crippen molar-refractivity contribution in [1.82, 2.24) is 108 Å². The number of nitrogens with zero attached hydrogens (tertiary/aromatic N) is 22. The van der Waals surface area contributed by atoms with Crippen LogP contribution < -0.4 is 4.74 Å². The van der Waals surface area contributed by atoms with Gasteiger partial charge in [0.25, 0.3) is 0 Å². The summed E-state index contributed by atoms with van der Waals surface area (Å²) >= 11 is 3.57. The third kappa shape index (κ3) is 21.3. The Balaban J connectivity index is 0.000000130. The molecule has 30 nitrogen and oxygen atoms in total. The average Bonchev–Trinajstić information content (AvgIpc) is 1.44. The van der Waals surface area contributed by atoms with E-state index in [4.69, 9.17) is 48.3 Å². The van der Waals surface area contributed by atoms with Gasteiger partial charge in [0.2, 0.25) is 0 Å². The van der Waals surface area contributed by atoms with E-state index in [1.54, 1.807) is 0 Å². The molecule has 0 aliphatic rings. The molecule has 0 fully saturated rings. The first-order valence-electron chi connectivity index (χ1n) is 52.2. The largest absolute Gasteiger partial charge is 0.492 e. The predicted octanol–water partition coefficient (Wildman–Crippen LogP) is 30.0. The van der Waals surface area contributed by atoms with E-state index in [-0.39, 0.29) is 11.6 Å². The van der Waals surface area contributed by atoms with Crippen molar-refractivity contribution in [3.05, 3.63) is 108 Å². The van der Waals surface area contributed by atoms with Crippen molar-refractivity contribution in [2.45, 2.75) is 369 Å². The van der Waals surface area contributed by atoms with Crippen molar-refractivity contribution in [1.29, 1.82) is 0 Å².